The van der Waals surface area contributed by atoms with Crippen LogP contribution in [0.5, 0.6) is 0 Å². The lowest BCUT2D eigenvalue weighted by molar-refractivity contribution is 0.106. The average molecular weight is 229 g/mol. The minimum atomic E-state index is -0.130. The highest BCUT2D eigenvalue weighted by atomic mass is 16.5. The smallest absolute Gasteiger partial charge is 0.0610 e. The van der Waals surface area contributed by atoms with E-state index in [0.29, 0.717) is 0 Å². The zero-order valence-corrected chi connectivity index (χ0v) is 10.8. The molecule has 1 aliphatic carbocycles. The average Bonchev–Trinajstić information content (AvgIpc) is 3.07. The van der Waals surface area contributed by atoms with E-state index in [9.17, 15) is 5.11 Å². The second-order valence-electron chi connectivity index (χ2n) is 5.20. The maximum atomic E-state index is 9.30. The third-order valence-electron chi connectivity index (χ3n) is 3.34. The molecule has 0 radical (unpaired) electrons. The second kappa shape index (κ2) is 7.25. The van der Waals surface area contributed by atoms with Gasteiger partial charge in [-0.05, 0) is 38.6 Å². The summed E-state index contributed by atoms with van der Waals surface area (Å²) in [6.07, 6.45) is 6.05. The Morgan fingerprint density at radius 2 is 2.12 bits per heavy atom. The Morgan fingerprint density at radius 1 is 1.38 bits per heavy atom. The molecular formula is C13H27NO2. The first-order chi connectivity index (χ1) is 7.70. The maximum Gasteiger partial charge on any atom is 0.0610 e. The van der Waals surface area contributed by atoms with Gasteiger partial charge in [0.2, 0.25) is 0 Å². The molecule has 0 aromatic heterocycles. The molecule has 16 heavy (non-hydrogen) atoms. The number of likely N-dealkylation sites (N-methyl/N-ethyl adjacent to an activating group) is 1. The third kappa shape index (κ3) is 5.83. The van der Waals surface area contributed by atoms with Crippen molar-refractivity contribution < 1.29 is 9.84 Å². The van der Waals surface area contributed by atoms with Crippen molar-refractivity contribution >= 4 is 0 Å². The van der Waals surface area contributed by atoms with Crippen LogP contribution in [0.25, 0.3) is 0 Å². The van der Waals surface area contributed by atoms with Crippen LogP contribution in [0.4, 0.5) is 0 Å². The summed E-state index contributed by atoms with van der Waals surface area (Å²) < 4.78 is 5.59. The van der Waals surface area contributed by atoms with Crippen LogP contribution in [0, 0.1) is 5.92 Å². The van der Waals surface area contributed by atoms with Crippen LogP contribution in [0.15, 0.2) is 0 Å². The van der Waals surface area contributed by atoms with Crippen LogP contribution >= 0.6 is 0 Å². The maximum absolute atomic E-state index is 9.30. The summed E-state index contributed by atoms with van der Waals surface area (Å²) in [5.41, 5.74) is -0.130. The summed E-state index contributed by atoms with van der Waals surface area (Å²) in [5, 5.41) is 12.6. The fourth-order valence-corrected chi connectivity index (χ4v) is 1.97. The van der Waals surface area contributed by atoms with E-state index in [1.807, 2.05) is 0 Å². The number of hydrogen-bond acceptors (Lipinski definition) is 3. The molecule has 0 aromatic rings. The summed E-state index contributed by atoms with van der Waals surface area (Å²) in [6, 6.07) is 0. The van der Waals surface area contributed by atoms with Crippen LogP contribution in [0.1, 0.15) is 46.0 Å². The molecule has 2 N–H and O–H groups in total. The number of nitrogens with one attached hydrogen (secondary N) is 1. The molecule has 1 unspecified atom stereocenters. The van der Waals surface area contributed by atoms with Gasteiger partial charge in [0, 0.05) is 18.8 Å². The van der Waals surface area contributed by atoms with Gasteiger partial charge in [-0.3, -0.25) is 0 Å². The quantitative estimate of drug-likeness (QED) is 0.563. The normalized spacial score (nSPS) is 19.7. The molecule has 0 bridgehead atoms. The molecular weight excluding hydrogens is 202 g/mol. The number of aliphatic hydroxyl groups excluding tert-OH is 1. The van der Waals surface area contributed by atoms with E-state index in [1.54, 1.807) is 0 Å². The number of aliphatic hydroxyl groups is 1. The van der Waals surface area contributed by atoms with E-state index in [-0.39, 0.29) is 12.1 Å². The van der Waals surface area contributed by atoms with Gasteiger partial charge in [0.15, 0.2) is 0 Å². The molecule has 3 nitrogen and oxygen atoms in total. The summed E-state index contributed by atoms with van der Waals surface area (Å²) in [5.74, 6) is 0.962. The fourth-order valence-electron chi connectivity index (χ4n) is 1.97. The SMILES string of the molecule is CCNC(C)(CO)CCCOCCC1CC1. The Balaban J connectivity index is 1.94. The van der Waals surface area contributed by atoms with Crippen molar-refractivity contribution in [3.63, 3.8) is 0 Å². The first-order valence-electron chi connectivity index (χ1n) is 6.64. The summed E-state index contributed by atoms with van der Waals surface area (Å²) in [6.45, 7) is 6.98. The minimum Gasteiger partial charge on any atom is -0.394 e. The summed E-state index contributed by atoms with van der Waals surface area (Å²) >= 11 is 0. The van der Waals surface area contributed by atoms with Crippen molar-refractivity contribution in [3.05, 3.63) is 0 Å². The fraction of sp³-hybridized carbons (Fsp3) is 1.00. The second-order valence-corrected chi connectivity index (χ2v) is 5.20. The van der Waals surface area contributed by atoms with Gasteiger partial charge < -0.3 is 15.2 Å². The van der Waals surface area contributed by atoms with Gasteiger partial charge >= 0.3 is 0 Å². The van der Waals surface area contributed by atoms with E-state index in [4.69, 9.17) is 4.74 Å². The molecule has 0 spiro atoms. The lowest BCUT2D eigenvalue weighted by atomic mass is 9.97. The monoisotopic (exact) mass is 229 g/mol. The van der Waals surface area contributed by atoms with Crippen molar-refractivity contribution in [2.45, 2.75) is 51.5 Å². The lowest BCUT2D eigenvalue weighted by Crippen LogP contribution is -2.45. The van der Waals surface area contributed by atoms with Crippen molar-refractivity contribution in [2.24, 2.45) is 5.92 Å². The predicted octanol–water partition coefficient (Wildman–Crippen LogP) is 1.94. The topological polar surface area (TPSA) is 41.5 Å². The molecule has 0 aromatic carbocycles. The number of hydrogen-bond donors (Lipinski definition) is 2. The van der Waals surface area contributed by atoms with E-state index in [1.165, 1.54) is 19.3 Å². The number of rotatable bonds is 10. The van der Waals surface area contributed by atoms with Crippen LogP contribution in [-0.2, 0) is 4.74 Å². The van der Waals surface area contributed by atoms with E-state index < -0.39 is 0 Å². The van der Waals surface area contributed by atoms with Crippen molar-refractivity contribution in [2.75, 3.05) is 26.4 Å². The zero-order chi connectivity index (χ0) is 11.9. The van der Waals surface area contributed by atoms with Crippen molar-refractivity contribution in [3.8, 4) is 0 Å². The molecule has 1 saturated carbocycles. The largest absolute Gasteiger partial charge is 0.394 e. The lowest BCUT2D eigenvalue weighted by Gasteiger charge is -2.28. The Morgan fingerprint density at radius 3 is 2.69 bits per heavy atom. The summed E-state index contributed by atoms with van der Waals surface area (Å²) in [7, 11) is 0. The zero-order valence-electron chi connectivity index (χ0n) is 10.8. The Hall–Kier alpha value is -0.120. The highest BCUT2D eigenvalue weighted by Gasteiger charge is 2.22. The molecule has 1 fully saturated rings. The Labute approximate surface area is 99.6 Å². The van der Waals surface area contributed by atoms with E-state index in [0.717, 1.165) is 38.5 Å². The highest BCUT2D eigenvalue weighted by Crippen LogP contribution is 2.32. The van der Waals surface area contributed by atoms with Gasteiger partial charge in [-0.25, -0.2) is 0 Å². The number of ether oxygens (including phenoxy) is 1. The van der Waals surface area contributed by atoms with Crippen LogP contribution < -0.4 is 5.32 Å². The molecule has 1 aliphatic rings. The van der Waals surface area contributed by atoms with Crippen LogP contribution in [0.3, 0.4) is 0 Å². The molecule has 1 atom stereocenters. The van der Waals surface area contributed by atoms with Crippen molar-refractivity contribution in [1.29, 1.82) is 0 Å². The molecule has 0 amide bonds. The van der Waals surface area contributed by atoms with Gasteiger partial charge in [-0.15, -0.1) is 0 Å². The molecule has 0 aliphatic heterocycles. The van der Waals surface area contributed by atoms with Gasteiger partial charge in [-0.1, -0.05) is 19.8 Å². The van der Waals surface area contributed by atoms with Gasteiger partial charge in [0.1, 0.15) is 0 Å². The van der Waals surface area contributed by atoms with Crippen molar-refractivity contribution in [1.82, 2.24) is 5.32 Å². The first kappa shape index (κ1) is 13.9. The first-order valence-corrected chi connectivity index (χ1v) is 6.64. The highest BCUT2D eigenvalue weighted by molar-refractivity contribution is 4.81. The molecule has 96 valence electrons. The predicted molar refractivity (Wildman–Crippen MR) is 66.6 cm³/mol. The summed E-state index contributed by atoms with van der Waals surface area (Å²) in [4.78, 5) is 0. The van der Waals surface area contributed by atoms with Gasteiger partial charge in [-0.2, -0.15) is 0 Å². The van der Waals surface area contributed by atoms with Gasteiger partial charge in [0.25, 0.3) is 0 Å². The molecule has 0 heterocycles. The third-order valence-corrected chi connectivity index (χ3v) is 3.34. The molecule has 0 saturated heterocycles. The molecule has 1 rings (SSSR count). The minimum absolute atomic E-state index is 0.130. The standard InChI is InChI=1S/C13H27NO2/c1-3-14-13(2,11-15)8-4-9-16-10-7-12-5-6-12/h12,14-15H,3-11H2,1-2H3. The molecule has 3 heteroatoms. The Bertz CT molecular complexity index is 183. The Kier molecular flexibility index (Phi) is 6.32. The van der Waals surface area contributed by atoms with Gasteiger partial charge in [0.05, 0.1) is 6.61 Å². The van der Waals surface area contributed by atoms with Crippen LogP contribution in [-0.4, -0.2) is 37.0 Å². The van der Waals surface area contributed by atoms with E-state index in [2.05, 4.69) is 19.2 Å². The van der Waals surface area contributed by atoms with E-state index >= 15 is 0 Å². The van der Waals surface area contributed by atoms with Crippen LogP contribution in [0.2, 0.25) is 0 Å².